The van der Waals surface area contributed by atoms with Crippen LogP contribution in [0, 0.1) is 0 Å². The number of thiazole rings is 1. The van der Waals surface area contributed by atoms with Gasteiger partial charge < -0.3 is 14.8 Å². The lowest BCUT2D eigenvalue weighted by atomic mass is 10.1. The minimum atomic E-state index is -4.47. The Morgan fingerprint density at radius 2 is 1.88 bits per heavy atom. The number of fused-ring (bicyclic) bond motifs is 1. The number of benzene rings is 2. The van der Waals surface area contributed by atoms with E-state index in [1.807, 2.05) is 12.1 Å². The molecule has 174 valence electrons. The number of alkyl halides is 3. The van der Waals surface area contributed by atoms with Crippen LogP contribution in [0.15, 0.2) is 54.0 Å². The number of ether oxygens (including phenoxy) is 2. The van der Waals surface area contributed by atoms with Crippen molar-refractivity contribution in [1.29, 1.82) is 0 Å². The van der Waals surface area contributed by atoms with Gasteiger partial charge in [-0.3, -0.25) is 9.20 Å². The molecule has 0 saturated heterocycles. The number of hydrogen-bond donors (Lipinski definition) is 1. The number of rotatable bonds is 6. The van der Waals surface area contributed by atoms with Crippen LogP contribution < -0.4 is 14.8 Å². The van der Waals surface area contributed by atoms with E-state index in [1.54, 1.807) is 36.3 Å². The predicted octanol–water partition coefficient (Wildman–Crippen LogP) is 5.70. The molecule has 0 unspecified atom stereocenters. The molecule has 0 saturated carbocycles. The molecule has 0 aliphatic heterocycles. The van der Waals surface area contributed by atoms with E-state index in [9.17, 15) is 18.0 Å². The molecule has 4 aromatic rings. The first-order valence-electron chi connectivity index (χ1n) is 9.43. The molecule has 4 rings (SSSR count). The molecule has 2 heterocycles. The summed E-state index contributed by atoms with van der Waals surface area (Å²) in [6.45, 7) is 0. The third-order valence-electron chi connectivity index (χ3n) is 4.78. The Labute approximate surface area is 197 Å². The molecule has 0 aliphatic rings. The lowest BCUT2D eigenvalue weighted by Gasteiger charge is -2.09. The number of aromatic nitrogens is 2. The predicted molar refractivity (Wildman–Crippen MR) is 123 cm³/mol. The van der Waals surface area contributed by atoms with Crippen molar-refractivity contribution in [2.75, 3.05) is 19.5 Å². The maximum Gasteiger partial charge on any atom is 0.416 e. The third-order valence-corrected chi connectivity index (χ3v) is 5.67. The van der Waals surface area contributed by atoms with Crippen LogP contribution in [0.4, 0.5) is 18.9 Å². The summed E-state index contributed by atoms with van der Waals surface area (Å²) in [5, 5.41) is 4.32. The van der Waals surface area contributed by atoms with E-state index in [1.165, 1.54) is 23.5 Å². The minimum Gasteiger partial charge on any atom is -0.493 e. The van der Waals surface area contributed by atoms with Crippen LogP contribution in [0.2, 0.25) is 0 Å². The first kappa shape index (κ1) is 24.4. The smallest absolute Gasteiger partial charge is 0.416 e. The zero-order valence-corrected chi connectivity index (χ0v) is 19.1. The van der Waals surface area contributed by atoms with Crippen molar-refractivity contribution < 1.29 is 27.4 Å². The largest absolute Gasteiger partial charge is 0.493 e. The normalized spacial score (nSPS) is 11.2. The lowest BCUT2D eigenvalue weighted by Crippen LogP contribution is -2.16. The van der Waals surface area contributed by atoms with Gasteiger partial charge in [0.25, 0.3) is 0 Å². The standard InChI is InChI=1S/C22H18F3N3O3S.ClH/c1-30-18-7-6-13(8-19(18)31-2)17-11-28-16(12-32-21(28)27-17)10-20(29)26-15-5-3-4-14(9-15)22(23,24)25;/h3-9,11-12H,10H2,1-2H3,(H,26,29);1H. The van der Waals surface area contributed by atoms with Crippen LogP contribution in [0.25, 0.3) is 16.2 Å². The van der Waals surface area contributed by atoms with Crippen molar-refractivity contribution in [3.8, 4) is 22.8 Å². The molecule has 0 bridgehead atoms. The fourth-order valence-corrected chi connectivity index (χ4v) is 4.11. The molecule has 33 heavy (non-hydrogen) atoms. The van der Waals surface area contributed by atoms with E-state index in [0.717, 1.165) is 17.7 Å². The SMILES string of the molecule is COc1ccc(-c2cn3c(CC(=O)Nc4cccc(C(F)(F)F)c4)csc3n2)cc1OC.Cl. The minimum absolute atomic E-state index is 0. The summed E-state index contributed by atoms with van der Waals surface area (Å²) in [6.07, 6.45) is -2.68. The van der Waals surface area contributed by atoms with Gasteiger partial charge in [-0.15, -0.1) is 23.7 Å². The molecule has 2 aromatic carbocycles. The number of amides is 1. The monoisotopic (exact) mass is 497 g/mol. The quantitative estimate of drug-likeness (QED) is 0.371. The van der Waals surface area contributed by atoms with E-state index in [0.29, 0.717) is 27.8 Å². The van der Waals surface area contributed by atoms with Crippen molar-refractivity contribution in [1.82, 2.24) is 9.38 Å². The number of hydrogen-bond acceptors (Lipinski definition) is 5. The van der Waals surface area contributed by atoms with Crippen LogP contribution in [-0.4, -0.2) is 29.5 Å². The van der Waals surface area contributed by atoms with Gasteiger partial charge in [0.2, 0.25) is 5.91 Å². The molecular weight excluding hydrogens is 479 g/mol. The van der Waals surface area contributed by atoms with Crippen molar-refractivity contribution in [3.05, 3.63) is 65.3 Å². The summed E-state index contributed by atoms with van der Waals surface area (Å²) >= 11 is 1.37. The van der Waals surface area contributed by atoms with Gasteiger partial charge in [-0.05, 0) is 36.4 Å². The van der Waals surface area contributed by atoms with Gasteiger partial charge in [-0.2, -0.15) is 13.2 Å². The van der Waals surface area contributed by atoms with Gasteiger partial charge in [0.1, 0.15) is 0 Å². The zero-order chi connectivity index (χ0) is 22.9. The van der Waals surface area contributed by atoms with Gasteiger partial charge >= 0.3 is 6.18 Å². The molecule has 1 amide bonds. The summed E-state index contributed by atoms with van der Waals surface area (Å²) < 4.78 is 51.0. The van der Waals surface area contributed by atoms with E-state index in [2.05, 4.69) is 10.3 Å². The van der Waals surface area contributed by atoms with Gasteiger partial charge in [-0.25, -0.2) is 4.98 Å². The maximum absolute atomic E-state index is 12.9. The average Bonchev–Trinajstić information content (AvgIpc) is 3.35. The van der Waals surface area contributed by atoms with Crippen LogP contribution in [0.5, 0.6) is 11.5 Å². The number of nitrogens with one attached hydrogen (secondary N) is 1. The number of methoxy groups -OCH3 is 2. The van der Waals surface area contributed by atoms with Gasteiger partial charge in [0.05, 0.1) is 31.9 Å². The highest BCUT2D eigenvalue weighted by Gasteiger charge is 2.30. The highest BCUT2D eigenvalue weighted by atomic mass is 35.5. The molecule has 0 radical (unpaired) electrons. The number of halogens is 4. The van der Waals surface area contributed by atoms with Crippen molar-refractivity contribution in [2.24, 2.45) is 0 Å². The Hall–Kier alpha value is -3.24. The number of carbonyl (C=O) groups is 1. The Balaban J connectivity index is 0.00000306. The van der Waals surface area contributed by atoms with Crippen LogP contribution in [0.3, 0.4) is 0 Å². The van der Waals surface area contributed by atoms with E-state index in [-0.39, 0.29) is 24.5 Å². The summed E-state index contributed by atoms with van der Waals surface area (Å²) in [4.78, 5) is 17.7. The summed E-state index contributed by atoms with van der Waals surface area (Å²) in [7, 11) is 3.11. The lowest BCUT2D eigenvalue weighted by molar-refractivity contribution is -0.137. The van der Waals surface area contributed by atoms with Crippen molar-refractivity contribution >= 4 is 40.3 Å². The second-order valence-corrected chi connectivity index (χ2v) is 7.72. The van der Waals surface area contributed by atoms with Crippen LogP contribution in [0.1, 0.15) is 11.3 Å². The molecule has 2 aromatic heterocycles. The highest BCUT2D eigenvalue weighted by molar-refractivity contribution is 7.15. The Morgan fingerprint density at radius 1 is 1.12 bits per heavy atom. The first-order valence-corrected chi connectivity index (χ1v) is 10.3. The van der Waals surface area contributed by atoms with E-state index in [4.69, 9.17) is 9.47 Å². The van der Waals surface area contributed by atoms with Gasteiger partial charge in [-0.1, -0.05) is 6.07 Å². The number of carbonyl (C=O) groups excluding carboxylic acids is 1. The summed E-state index contributed by atoms with van der Waals surface area (Å²) in [5.41, 5.74) is 1.46. The number of nitrogens with zero attached hydrogens (tertiary/aromatic N) is 2. The maximum atomic E-state index is 12.9. The fourth-order valence-electron chi connectivity index (χ4n) is 3.23. The zero-order valence-electron chi connectivity index (χ0n) is 17.5. The first-order chi connectivity index (χ1) is 15.3. The molecule has 11 heteroatoms. The Morgan fingerprint density at radius 3 is 2.58 bits per heavy atom. The topological polar surface area (TPSA) is 64.9 Å². The van der Waals surface area contributed by atoms with Crippen molar-refractivity contribution in [3.63, 3.8) is 0 Å². The Kier molecular flexibility index (Phi) is 7.19. The third kappa shape index (κ3) is 5.23. The average molecular weight is 498 g/mol. The number of anilines is 1. The molecule has 0 aliphatic carbocycles. The van der Waals surface area contributed by atoms with Crippen molar-refractivity contribution in [2.45, 2.75) is 12.6 Å². The highest BCUT2D eigenvalue weighted by Crippen LogP contribution is 2.33. The summed E-state index contributed by atoms with van der Waals surface area (Å²) in [5.74, 6) is 0.747. The molecule has 6 nitrogen and oxygen atoms in total. The van der Waals surface area contributed by atoms with Crippen LogP contribution >= 0.6 is 23.7 Å². The fraction of sp³-hybridized carbons (Fsp3) is 0.182. The van der Waals surface area contributed by atoms with Gasteiger partial charge in [0, 0.05) is 28.5 Å². The van der Waals surface area contributed by atoms with E-state index >= 15 is 0 Å². The second-order valence-electron chi connectivity index (χ2n) is 6.88. The molecule has 0 spiro atoms. The molecular formula is C22H19ClF3N3O3S. The number of imidazole rings is 1. The molecule has 0 atom stereocenters. The van der Waals surface area contributed by atoms with Crippen LogP contribution in [-0.2, 0) is 17.4 Å². The summed E-state index contributed by atoms with van der Waals surface area (Å²) in [6, 6.07) is 9.99. The molecule has 1 N–H and O–H groups in total. The molecule has 0 fully saturated rings. The van der Waals surface area contributed by atoms with E-state index < -0.39 is 17.6 Å². The van der Waals surface area contributed by atoms with Gasteiger partial charge in [0.15, 0.2) is 16.5 Å². The Bertz CT molecular complexity index is 1290. The second kappa shape index (κ2) is 9.72.